The molecule has 35 heavy (non-hydrogen) atoms. The van der Waals surface area contributed by atoms with E-state index in [0.717, 1.165) is 17.5 Å². The Labute approximate surface area is 213 Å². The van der Waals surface area contributed by atoms with E-state index in [0.29, 0.717) is 34.5 Å². The molecule has 0 spiro atoms. The van der Waals surface area contributed by atoms with Gasteiger partial charge in [-0.1, -0.05) is 59.6 Å². The molecule has 0 bridgehead atoms. The maximum absolute atomic E-state index is 14.0. The van der Waals surface area contributed by atoms with Gasteiger partial charge < -0.3 is 9.64 Å². The number of esters is 1. The molecule has 2 aliphatic heterocycles. The summed E-state index contributed by atoms with van der Waals surface area (Å²) < 4.78 is 7.31. The van der Waals surface area contributed by atoms with Gasteiger partial charge in [0.25, 0.3) is 0 Å². The van der Waals surface area contributed by atoms with Gasteiger partial charge in [0.15, 0.2) is 5.82 Å². The number of halogens is 2. The molecule has 3 atom stereocenters. The van der Waals surface area contributed by atoms with Crippen molar-refractivity contribution in [1.29, 1.82) is 0 Å². The molecule has 3 aromatic rings. The Bertz CT molecular complexity index is 1290. The highest BCUT2D eigenvalue weighted by Crippen LogP contribution is 2.39. The van der Waals surface area contributed by atoms with Crippen LogP contribution in [0, 0.1) is 5.92 Å². The summed E-state index contributed by atoms with van der Waals surface area (Å²) in [5.41, 5.74) is 2.35. The quantitative estimate of drug-likeness (QED) is 0.440. The van der Waals surface area contributed by atoms with Gasteiger partial charge in [-0.25, -0.2) is 14.5 Å². The van der Waals surface area contributed by atoms with E-state index in [2.05, 4.69) is 10.1 Å². The van der Waals surface area contributed by atoms with Gasteiger partial charge in [-0.05, 0) is 43.0 Å². The van der Waals surface area contributed by atoms with Crippen LogP contribution in [-0.4, -0.2) is 44.9 Å². The van der Waals surface area contributed by atoms with Gasteiger partial charge in [0, 0.05) is 18.3 Å². The number of carbonyl (C=O) groups is 2. The number of likely N-dealkylation sites (tertiary alicyclic amines) is 1. The summed E-state index contributed by atoms with van der Waals surface area (Å²) in [6, 6.07) is 15.5. The fourth-order valence-electron chi connectivity index (χ4n) is 4.85. The van der Waals surface area contributed by atoms with Crippen molar-refractivity contribution in [2.24, 2.45) is 10.9 Å². The van der Waals surface area contributed by atoms with E-state index in [4.69, 9.17) is 27.9 Å². The number of amides is 1. The molecule has 2 unspecified atom stereocenters. The van der Waals surface area contributed by atoms with E-state index in [1.165, 1.54) is 0 Å². The SMILES string of the molecule is CC1=Nc2ccnn2C(c2ccc(Cl)c(Cl)c2)C1C(=O)N1CCC[C@H]1C(=O)OCc1ccccc1. The van der Waals surface area contributed by atoms with Crippen molar-refractivity contribution in [3.63, 3.8) is 0 Å². The number of rotatable bonds is 5. The third-order valence-corrected chi connectivity index (χ3v) is 7.29. The van der Waals surface area contributed by atoms with E-state index in [1.54, 1.807) is 34.0 Å². The predicted octanol–water partition coefficient (Wildman–Crippen LogP) is 5.24. The molecule has 1 amide bonds. The minimum atomic E-state index is -0.651. The van der Waals surface area contributed by atoms with E-state index in [9.17, 15) is 9.59 Å². The second kappa shape index (κ2) is 9.84. The zero-order valence-corrected chi connectivity index (χ0v) is 20.6. The van der Waals surface area contributed by atoms with Gasteiger partial charge in [-0.15, -0.1) is 0 Å². The number of benzene rings is 2. The van der Waals surface area contributed by atoms with Gasteiger partial charge in [0.05, 0.1) is 22.3 Å². The Kier molecular flexibility index (Phi) is 6.62. The van der Waals surface area contributed by atoms with E-state index in [-0.39, 0.29) is 12.5 Å². The van der Waals surface area contributed by atoms with Gasteiger partial charge in [0.2, 0.25) is 5.91 Å². The first-order valence-corrected chi connectivity index (χ1v) is 12.2. The molecule has 5 rings (SSSR count). The predicted molar refractivity (Wildman–Crippen MR) is 134 cm³/mol. The molecule has 1 saturated heterocycles. The van der Waals surface area contributed by atoms with Gasteiger partial charge in [0.1, 0.15) is 18.6 Å². The molecule has 180 valence electrons. The van der Waals surface area contributed by atoms with E-state index in [1.807, 2.05) is 43.3 Å². The molecule has 0 radical (unpaired) electrons. The second-order valence-electron chi connectivity index (χ2n) is 8.77. The fourth-order valence-corrected chi connectivity index (χ4v) is 5.16. The van der Waals surface area contributed by atoms with Crippen molar-refractivity contribution < 1.29 is 14.3 Å². The highest BCUT2D eigenvalue weighted by Gasteiger charge is 2.44. The Hall–Kier alpha value is -3.16. The van der Waals surface area contributed by atoms with Crippen LogP contribution in [0.15, 0.2) is 65.8 Å². The van der Waals surface area contributed by atoms with Gasteiger partial charge in [-0.3, -0.25) is 4.79 Å². The molecule has 9 heteroatoms. The van der Waals surface area contributed by atoms with Crippen molar-refractivity contribution in [2.75, 3.05) is 6.54 Å². The minimum absolute atomic E-state index is 0.171. The summed E-state index contributed by atoms with van der Waals surface area (Å²) in [6.07, 6.45) is 2.94. The molecule has 0 N–H and O–H groups in total. The lowest BCUT2D eigenvalue weighted by Gasteiger charge is -2.35. The largest absolute Gasteiger partial charge is 0.459 e. The number of nitrogens with zero attached hydrogens (tertiary/aromatic N) is 4. The minimum Gasteiger partial charge on any atom is -0.459 e. The summed E-state index contributed by atoms with van der Waals surface area (Å²) in [4.78, 5) is 33.3. The van der Waals surface area contributed by atoms with E-state index >= 15 is 0 Å². The first kappa shape index (κ1) is 23.6. The molecule has 1 fully saturated rings. The lowest BCUT2D eigenvalue weighted by atomic mass is 9.87. The van der Waals surface area contributed by atoms with Crippen LogP contribution in [0.1, 0.15) is 36.9 Å². The lowest BCUT2D eigenvalue weighted by Crippen LogP contribution is -2.49. The first-order valence-electron chi connectivity index (χ1n) is 11.5. The smallest absolute Gasteiger partial charge is 0.329 e. The number of ether oxygens (including phenoxy) is 1. The molecular weight excluding hydrogens is 487 g/mol. The van der Waals surface area contributed by atoms with Crippen molar-refractivity contribution in [1.82, 2.24) is 14.7 Å². The summed E-state index contributed by atoms with van der Waals surface area (Å²) in [7, 11) is 0. The summed E-state index contributed by atoms with van der Waals surface area (Å²) in [5, 5.41) is 5.28. The number of hydrogen-bond acceptors (Lipinski definition) is 5. The van der Waals surface area contributed by atoms with Crippen molar-refractivity contribution in [3.05, 3.63) is 82.0 Å². The first-order chi connectivity index (χ1) is 16.9. The average Bonchev–Trinajstić information content (AvgIpc) is 3.53. The third-order valence-electron chi connectivity index (χ3n) is 6.55. The Balaban J connectivity index is 1.43. The summed E-state index contributed by atoms with van der Waals surface area (Å²) in [5.74, 6) is -0.566. The van der Waals surface area contributed by atoms with Crippen LogP contribution in [0.3, 0.4) is 0 Å². The van der Waals surface area contributed by atoms with Crippen LogP contribution >= 0.6 is 23.2 Å². The van der Waals surface area contributed by atoms with E-state index < -0.39 is 24.0 Å². The number of aromatic nitrogens is 2. The Morgan fingerprint density at radius 2 is 1.89 bits per heavy atom. The Morgan fingerprint density at radius 1 is 1.09 bits per heavy atom. The highest BCUT2D eigenvalue weighted by atomic mass is 35.5. The number of fused-ring (bicyclic) bond motifs is 1. The Morgan fingerprint density at radius 3 is 2.66 bits per heavy atom. The number of carbonyl (C=O) groups excluding carboxylic acids is 2. The van der Waals surface area contributed by atoms with Crippen LogP contribution in [0.4, 0.5) is 5.82 Å². The molecule has 2 aromatic carbocycles. The average molecular weight is 511 g/mol. The maximum atomic E-state index is 14.0. The van der Waals surface area contributed by atoms with Crippen LogP contribution < -0.4 is 0 Å². The second-order valence-corrected chi connectivity index (χ2v) is 9.58. The molecule has 0 aliphatic carbocycles. The van der Waals surface area contributed by atoms with Crippen LogP contribution in [-0.2, 0) is 20.9 Å². The zero-order valence-electron chi connectivity index (χ0n) is 19.1. The molecule has 1 aromatic heterocycles. The van der Waals surface area contributed by atoms with Crippen molar-refractivity contribution >= 4 is 46.6 Å². The number of hydrogen-bond donors (Lipinski definition) is 0. The van der Waals surface area contributed by atoms with Gasteiger partial charge >= 0.3 is 5.97 Å². The number of aliphatic imine (C=N–C) groups is 1. The monoisotopic (exact) mass is 510 g/mol. The molecule has 3 heterocycles. The summed E-state index contributed by atoms with van der Waals surface area (Å²) >= 11 is 12.5. The maximum Gasteiger partial charge on any atom is 0.329 e. The normalized spacial score (nSPS) is 21.4. The molecular formula is C26H24Cl2N4O3. The van der Waals surface area contributed by atoms with Crippen molar-refractivity contribution in [2.45, 2.75) is 38.5 Å². The topological polar surface area (TPSA) is 76.8 Å². The zero-order chi connectivity index (χ0) is 24.5. The van der Waals surface area contributed by atoms with Crippen molar-refractivity contribution in [3.8, 4) is 0 Å². The van der Waals surface area contributed by atoms with Crippen LogP contribution in [0.25, 0.3) is 0 Å². The molecule has 7 nitrogen and oxygen atoms in total. The lowest BCUT2D eigenvalue weighted by molar-refractivity contribution is -0.155. The molecule has 0 saturated carbocycles. The highest BCUT2D eigenvalue weighted by molar-refractivity contribution is 6.42. The standard InChI is InChI=1S/C26H24Cl2N4O3/c1-16-23(24(32-22(30-16)11-12-29-32)18-9-10-19(27)20(28)14-18)25(33)31-13-5-8-21(31)26(34)35-15-17-6-3-2-4-7-17/h2-4,6-7,9-12,14,21,23-24H,5,8,13,15H2,1H3/t21-,23?,24?/m0/s1. The third kappa shape index (κ3) is 4.58. The molecule has 2 aliphatic rings. The van der Waals surface area contributed by atoms with Crippen LogP contribution in [0.5, 0.6) is 0 Å². The summed E-state index contributed by atoms with van der Waals surface area (Å²) in [6.45, 7) is 2.49. The fraction of sp³-hybridized carbons (Fsp3) is 0.308. The van der Waals surface area contributed by atoms with Crippen LogP contribution in [0.2, 0.25) is 10.0 Å². The van der Waals surface area contributed by atoms with Gasteiger partial charge in [-0.2, -0.15) is 5.10 Å².